The number of benzene rings is 2. The maximum atomic E-state index is 12.9. The number of anilines is 1. The first-order chi connectivity index (χ1) is 11.6. The molecule has 1 unspecified atom stereocenters. The van der Waals surface area contributed by atoms with E-state index < -0.39 is 6.10 Å². The van der Waals surface area contributed by atoms with E-state index in [9.17, 15) is 9.90 Å². The van der Waals surface area contributed by atoms with E-state index in [4.69, 9.17) is 4.74 Å². The van der Waals surface area contributed by atoms with Crippen LogP contribution >= 0.6 is 0 Å². The van der Waals surface area contributed by atoms with Gasteiger partial charge in [-0.15, -0.1) is 0 Å². The van der Waals surface area contributed by atoms with E-state index >= 15 is 0 Å². The summed E-state index contributed by atoms with van der Waals surface area (Å²) in [6.07, 6.45) is 1.94. The lowest BCUT2D eigenvalue weighted by atomic mass is 10.0. The van der Waals surface area contributed by atoms with Crippen molar-refractivity contribution >= 4 is 11.6 Å². The highest BCUT2D eigenvalue weighted by molar-refractivity contribution is 6.00. The molecule has 1 heterocycles. The van der Waals surface area contributed by atoms with E-state index in [0.717, 1.165) is 24.0 Å². The Morgan fingerprint density at radius 2 is 2.00 bits per heavy atom. The number of nitrogens with zero attached hydrogens (tertiary/aromatic N) is 1. The van der Waals surface area contributed by atoms with Crippen LogP contribution in [0.4, 0.5) is 5.69 Å². The zero-order valence-corrected chi connectivity index (χ0v) is 14.2. The molecule has 1 aliphatic rings. The van der Waals surface area contributed by atoms with Gasteiger partial charge in [-0.1, -0.05) is 37.6 Å². The van der Waals surface area contributed by atoms with Crippen LogP contribution in [0.2, 0.25) is 0 Å². The number of rotatable bonds is 5. The molecule has 1 aliphatic heterocycles. The van der Waals surface area contributed by atoms with Crippen LogP contribution < -0.4 is 9.64 Å². The highest BCUT2D eigenvalue weighted by Gasteiger charge is 2.34. The van der Waals surface area contributed by atoms with Crippen LogP contribution in [0.25, 0.3) is 0 Å². The summed E-state index contributed by atoms with van der Waals surface area (Å²) < 4.78 is 5.97. The number of fused-ring (bicyclic) bond motifs is 1. The smallest absolute Gasteiger partial charge is 0.268 e. The van der Waals surface area contributed by atoms with E-state index in [1.807, 2.05) is 31.2 Å². The Balaban J connectivity index is 1.91. The highest BCUT2D eigenvalue weighted by atomic mass is 16.5. The number of hydrogen-bond donors (Lipinski definition) is 1. The van der Waals surface area contributed by atoms with Gasteiger partial charge in [0.2, 0.25) is 0 Å². The molecule has 126 valence electrons. The molecule has 24 heavy (non-hydrogen) atoms. The number of ether oxygens (including phenoxy) is 1. The van der Waals surface area contributed by atoms with Gasteiger partial charge < -0.3 is 14.7 Å². The van der Waals surface area contributed by atoms with Crippen LogP contribution in [-0.2, 0) is 11.2 Å². The van der Waals surface area contributed by atoms with Gasteiger partial charge in [0, 0.05) is 19.0 Å². The van der Waals surface area contributed by atoms with Gasteiger partial charge in [-0.25, -0.2) is 0 Å². The Morgan fingerprint density at radius 1 is 1.21 bits per heavy atom. The van der Waals surface area contributed by atoms with E-state index in [2.05, 4.69) is 6.92 Å². The van der Waals surface area contributed by atoms with Crippen molar-refractivity contribution in [2.24, 2.45) is 0 Å². The minimum atomic E-state index is -0.528. The molecule has 2 aromatic carbocycles. The molecule has 1 N–H and O–H groups in total. The molecular weight excluding hydrogens is 302 g/mol. The molecule has 0 saturated carbocycles. The van der Waals surface area contributed by atoms with Gasteiger partial charge in [0.05, 0.1) is 5.69 Å². The van der Waals surface area contributed by atoms with Gasteiger partial charge in [-0.2, -0.15) is 0 Å². The van der Waals surface area contributed by atoms with Crippen molar-refractivity contribution in [3.05, 3.63) is 53.6 Å². The first-order valence-corrected chi connectivity index (χ1v) is 8.45. The highest BCUT2D eigenvalue weighted by Crippen LogP contribution is 2.37. The number of amides is 1. The molecular formula is C20H23NO3. The zero-order valence-electron chi connectivity index (χ0n) is 14.2. The minimum absolute atomic E-state index is 0.0372. The quantitative estimate of drug-likeness (QED) is 0.909. The molecule has 1 amide bonds. The SMILES string of the molecule is CCCCN1C(=O)C(Cc2ccccc2C)Oc2ccc(O)cc21. The number of unbranched alkanes of at least 4 members (excludes halogenated alkanes) is 1. The molecule has 3 rings (SSSR count). The normalized spacial score (nSPS) is 16.7. The van der Waals surface area contributed by atoms with Crippen LogP contribution in [0, 0.1) is 6.92 Å². The Hall–Kier alpha value is -2.49. The fraction of sp³-hybridized carbons (Fsp3) is 0.350. The number of carbonyl (C=O) groups is 1. The Morgan fingerprint density at radius 3 is 2.75 bits per heavy atom. The average Bonchev–Trinajstić information content (AvgIpc) is 2.57. The van der Waals surface area contributed by atoms with Crippen molar-refractivity contribution in [2.75, 3.05) is 11.4 Å². The fourth-order valence-electron chi connectivity index (χ4n) is 3.03. The first-order valence-electron chi connectivity index (χ1n) is 8.45. The van der Waals surface area contributed by atoms with Crippen molar-refractivity contribution in [3.63, 3.8) is 0 Å². The van der Waals surface area contributed by atoms with Gasteiger partial charge >= 0.3 is 0 Å². The summed E-state index contributed by atoms with van der Waals surface area (Å²) in [7, 11) is 0. The molecule has 4 nitrogen and oxygen atoms in total. The monoisotopic (exact) mass is 325 g/mol. The van der Waals surface area contributed by atoms with Gasteiger partial charge in [0.1, 0.15) is 11.5 Å². The third kappa shape index (κ3) is 3.23. The number of carbonyl (C=O) groups excluding carboxylic acids is 1. The lowest BCUT2D eigenvalue weighted by molar-refractivity contribution is -0.126. The summed E-state index contributed by atoms with van der Waals surface area (Å²) in [6.45, 7) is 4.78. The maximum absolute atomic E-state index is 12.9. The molecule has 0 bridgehead atoms. The van der Waals surface area contributed by atoms with Crippen molar-refractivity contribution in [2.45, 2.75) is 39.2 Å². The average molecular weight is 325 g/mol. The lowest BCUT2D eigenvalue weighted by Crippen LogP contribution is -2.47. The van der Waals surface area contributed by atoms with E-state index in [1.165, 1.54) is 0 Å². The molecule has 0 radical (unpaired) electrons. The molecule has 0 aromatic heterocycles. The third-order valence-electron chi connectivity index (χ3n) is 4.45. The largest absolute Gasteiger partial charge is 0.508 e. The van der Waals surface area contributed by atoms with E-state index in [0.29, 0.717) is 24.4 Å². The minimum Gasteiger partial charge on any atom is -0.508 e. The van der Waals surface area contributed by atoms with Crippen LogP contribution in [0.5, 0.6) is 11.5 Å². The summed E-state index contributed by atoms with van der Waals surface area (Å²) in [5.74, 6) is 0.760. The predicted octanol–water partition coefficient (Wildman–Crippen LogP) is 3.84. The third-order valence-corrected chi connectivity index (χ3v) is 4.45. The molecule has 0 aliphatic carbocycles. The number of phenols is 1. The van der Waals surface area contributed by atoms with Gasteiger partial charge in [0.15, 0.2) is 6.10 Å². The van der Waals surface area contributed by atoms with Crippen molar-refractivity contribution in [1.82, 2.24) is 0 Å². The second-order valence-corrected chi connectivity index (χ2v) is 6.23. The lowest BCUT2D eigenvalue weighted by Gasteiger charge is -2.34. The van der Waals surface area contributed by atoms with Gasteiger partial charge in [-0.05, 0) is 36.6 Å². The van der Waals surface area contributed by atoms with Crippen LogP contribution in [0.15, 0.2) is 42.5 Å². The molecule has 4 heteroatoms. The standard InChI is InChI=1S/C20H23NO3/c1-3-4-11-21-17-13-16(22)9-10-18(17)24-19(20(21)23)12-15-8-6-5-7-14(15)2/h5-10,13,19,22H,3-4,11-12H2,1-2H3. The second-order valence-electron chi connectivity index (χ2n) is 6.23. The van der Waals surface area contributed by atoms with Gasteiger partial charge in [-0.3, -0.25) is 4.79 Å². The number of aromatic hydroxyl groups is 1. The molecule has 1 atom stereocenters. The molecule has 0 fully saturated rings. The molecule has 2 aromatic rings. The second kappa shape index (κ2) is 6.95. The number of hydrogen-bond acceptors (Lipinski definition) is 3. The Kier molecular flexibility index (Phi) is 4.74. The van der Waals surface area contributed by atoms with E-state index in [1.54, 1.807) is 23.1 Å². The summed E-state index contributed by atoms with van der Waals surface area (Å²) >= 11 is 0. The summed E-state index contributed by atoms with van der Waals surface area (Å²) in [5, 5.41) is 9.76. The maximum Gasteiger partial charge on any atom is 0.268 e. The summed E-state index contributed by atoms with van der Waals surface area (Å²) in [6, 6.07) is 13.0. The van der Waals surface area contributed by atoms with E-state index in [-0.39, 0.29) is 11.7 Å². The fourth-order valence-corrected chi connectivity index (χ4v) is 3.03. The van der Waals surface area contributed by atoms with Crippen LogP contribution in [0.3, 0.4) is 0 Å². The Bertz CT molecular complexity index is 741. The number of phenolic OH excluding ortho intramolecular Hbond substituents is 1. The summed E-state index contributed by atoms with van der Waals surface area (Å²) in [5.41, 5.74) is 2.94. The van der Waals surface area contributed by atoms with Gasteiger partial charge in [0.25, 0.3) is 5.91 Å². The van der Waals surface area contributed by atoms with Crippen LogP contribution in [0.1, 0.15) is 30.9 Å². The summed E-state index contributed by atoms with van der Waals surface area (Å²) in [4.78, 5) is 14.7. The van der Waals surface area contributed by atoms with Crippen molar-refractivity contribution < 1.29 is 14.6 Å². The van der Waals surface area contributed by atoms with Crippen molar-refractivity contribution in [3.8, 4) is 11.5 Å². The predicted molar refractivity (Wildman–Crippen MR) is 94.7 cm³/mol. The molecule has 0 saturated heterocycles. The Labute approximate surface area is 142 Å². The topological polar surface area (TPSA) is 49.8 Å². The van der Waals surface area contributed by atoms with Crippen LogP contribution in [-0.4, -0.2) is 23.7 Å². The van der Waals surface area contributed by atoms with Crippen molar-refractivity contribution in [1.29, 1.82) is 0 Å². The first kappa shape index (κ1) is 16.4. The molecule has 0 spiro atoms. The zero-order chi connectivity index (χ0) is 17.1. The number of aryl methyl sites for hydroxylation is 1.